The van der Waals surface area contributed by atoms with Gasteiger partial charge in [-0.05, 0) is 164 Å². The Kier molecular flexibility index (Phi) is 8.11. The second kappa shape index (κ2) is 11.2. The van der Waals surface area contributed by atoms with Crippen molar-refractivity contribution in [2.75, 3.05) is 0 Å². The van der Waals surface area contributed by atoms with Crippen molar-refractivity contribution in [3.8, 4) is 5.75 Å². The van der Waals surface area contributed by atoms with Crippen LogP contribution in [0.15, 0.2) is 18.2 Å². The highest BCUT2D eigenvalue weighted by molar-refractivity contribution is 6.32. The monoisotopic (exact) mass is 620 g/mol. The van der Waals surface area contributed by atoms with Gasteiger partial charge >= 0.3 is 0 Å². The molecule has 8 aliphatic carbocycles. The molecule has 1 nitrogen and oxygen atoms in total. The molecule has 0 radical (unpaired) electrons. The second-order valence-electron chi connectivity index (χ2n) is 19.0. The molecule has 1 aromatic rings. The van der Waals surface area contributed by atoms with Crippen molar-refractivity contribution >= 4 is 11.6 Å². The molecule has 0 spiro atoms. The van der Waals surface area contributed by atoms with Crippen molar-refractivity contribution in [1.82, 2.24) is 0 Å². The average molecular weight is 621 g/mol. The largest absolute Gasteiger partial charge is 0.506 e. The van der Waals surface area contributed by atoms with Crippen LogP contribution in [0.3, 0.4) is 0 Å². The molecule has 1 N–H and O–H groups in total. The Bertz CT molecular complexity index is 1170. The maximum atomic E-state index is 10.5. The van der Waals surface area contributed by atoms with Crippen LogP contribution in [0.5, 0.6) is 5.75 Å². The van der Waals surface area contributed by atoms with E-state index in [1.54, 1.807) is 38.5 Å². The molecule has 8 bridgehead atoms. The lowest BCUT2D eigenvalue weighted by Gasteiger charge is -2.80. The third-order valence-corrected chi connectivity index (χ3v) is 15.8. The SMILES string of the molecule is CCCCC12CC3CC(CCCC)(C1)CC(C14CC5(CCCC)CC(CCCC)(CC(c6ccc(O)c(Cl)c6)(C5)C1)C4)(C3)C2. The number of rotatable bonds is 14. The van der Waals surface area contributed by atoms with E-state index < -0.39 is 0 Å². The molecule has 8 fully saturated rings. The number of halogens is 1. The first-order valence-electron chi connectivity index (χ1n) is 19.5. The predicted molar refractivity (Wildman–Crippen MR) is 186 cm³/mol. The lowest BCUT2D eigenvalue weighted by molar-refractivity contribution is -0.283. The van der Waals surface area contributed by atoms with Crippen molar-refractivity contribution in [1.29, 1.82) is 0 Å². The van der Waals surface area contributed by atoms with Gasteiger partial charge in [0.15, 0.2) is 0 Å². The summed E-state index contributed by atoms with van der Waals surface area (Å²) in [6.07, 6.45) is 35.0. The van der Waals surface area contributed by atoms with E-state index in [0.29, 0.717) is 37.5 Å². The van der Waals surface area contributed by atoms with Crippen LogP contribution in [0.1, 0.15) is 187 Å². The topological polar surface area (TPSA) is 20.2 Å². The van der Waals surface area contributed by atoms with Gasteiger partial charge in [0, 0.05) is 0 Å². The molecule has 0 saturated heterocycles. The Morgan fingerprint density at radius 2 is 1.07 bits per heavy atom. The van der Waals surface area contributed by atoms with Crippen molar-refractivity contribution in [2.45, 2.75) is 187 Å². The van der Waals surface area contributed by atoms with E-state index in [9.17, 15) is 5.11 Å². The molecule has 2 heteroatoms. The molecule has 0 aromatic heterocycles. The Morgan fingerprint density at radius 1 is 0.591 bits per heavy atom. The maximum absolute atomic E-state index is 10.5. The number of hydrogen-bond donors (Lipinski definition) is 1. The second-order valence-corrected chi connectivity index (χ2v) is 19.4. The van der Waals surface area contributed by atoms with Gasteiger partial charge in [-0.2, -0.15) is 0 Å². The Labute approximate surface area is 276 Å². The van der Waals surface area contributed by atoms with Crippen molar-refractivity contribution in [3.05, 3.63) is 28.8 Å². The summed E-state index contributed by atoms with van der Waals surface area (Å²) in [6.45, 7) is 9.72. The molecule has 4 atom stereocenters. The van der Waals surface area contributed by atoms with Gasteiger partial charge in [0.25, 0.3) is 0 Å². The summed E-state index contributed by atoms with van der Waals surface area (Å²) >= 11 is 6.77. The molecule has 44 heavy (non-hydrogen) atoms. The minimum atomic E-state index is 0.226. The minimum absolute atomic E-state index is 0.226. The molecular weight excluding hydrogens is 556 g/mol. The zero-order valence-electron chi connectivity index (χ0n) is 29.1. The molecule has 0 heterocycles. The number of phenols is 1. The van der Waals surface area contributed by atoms with Gasteiger partial charge in [0.2, 0.25) is 0 Å². The Hall–Kier alpha value is -0.690. The van der Waals surface area contributed by atoms with Crippen LogP contribution >= 0.6 is 11.6 Å². The van der Waals surface area contributed by atoms with E-state index in [1.165, 1.54) is 121 Å². The van der Waals surface area contributed by atoms with Crippen molar-refractivity contribution < 1.29 is 5.11 Å². The molecule has 4 unspecified atom stereocenters. The summed E-state index contributed by atoms with van der Waals surface area (Å²) in [4.78, 5) is 0. The highest BCUT2D eigenvalue weighted by Gasteiger charge is 2.76. The van der Waals surface area contributed by atoms with E-state index >= 15 is 0 Å². The van der Waals surface area contributed by atoms with Crippen molar-refractivity contribution in [2.24, 2.45) is 38.4 Å². The molecular formula is C42H65ClO. The zero-order chi connectivity index (χ0) is 30.9. The van der Waals surface area contributed by atoms with Gasteiger partial charge in [-0.3, -0.25) is 0 Å². The fourth-order valence-corrected chi connectivity index (χ4v) is 15.7. The first kappa shape index (κ1) is 31.9. The van der Waals surface area contributed by atoms with Gasteiger partial charge in [-0.15, -0.1) is 0 Å². The molecule has 0 aliphatic heterocycles. The third kappa shape index (κ3) is 4.96. The van der Waals surface area contributed by atoms with E-state index in [1.807, 2.05) is 6.07 Å². The quantitative estimate of drug-likeness (QED) is 0.219. The number of aromatic hydroxyl groups is 1. The van der Waals surface area contributed by atoms with E-state index in [0.717, 1.165) is 5.92 Å². The highest BCUT2D eigenvalue weighted by Crippen LogP contribution is 2.85. The summed E-state index contributed by atoms with van der Waals surface area (Å²) in [7, 11) is 0. The molecule has 1 aromatic carbocycles. The lowest BCUT2D eigenvalue weighted by atomic mass is 9.25. The van der Waals surface area contributed by atoms with Gasteiger partial charge in [-0.1, -0.05) is 96.7 Å². The Balaban J connectivity index is 1.39. The number of benzene rings is 1. The zero-order valence-corrected chi connectivity index (χ0v) is 29.9. The number of hydrogen-bond acceptors (Lipinski definition) is 1. The lowest BCUT2D eigenvalue weighted by Crippen LogP contribution is -2.70. The van der Waals surface area contributed by atoms with E-state index in [-0.39, 0.29) is 11.2 Å². The van der Waals surface area contributed by atoms with E-state index in [2.05, 4.69) is 39.8 Å². The molecule has 8 saturated carbocycles. The van der Waals surface area contributed by atoms with Crippen molar-refractivity contribution in [3.63, 3.8) is 0 Å². The van der Waals surface area contributed by atoms with Crippen LogP contribution in [0.4, 0.5) is 0 Å². The highest BCUT2D eigenvalue weighted by atomic mass is 35.5. The summed E-state index contributed by atoms with van der Waals surface area (Å²) < 4.78 is 0. The van der Waals surface area contributed by atoms with Crippen LogP contribution in [0.2, 0.25) is 5.02 Å². The summed E-state index contributed by atoms with van der Waals surface area (Å²) in [5.74, 6) is 1.23. The fourth-order valence-electron chi connectivity index (χ4n) is 15.5. The van der Waals surface area contributed by atoms with Gasteiger partial charge < -0.3 is 5.11 Å². The van der Waals surface area contributed by atoms with Crippen LogP contribution in [-0.2, 0) is 5.41 Å². The van der Waals surface area contributed by atoms with Crippen LogP contribution in [0.25, 0.3) is 0 Å². The number of unbranched alkanes of at least 4 members (excludes halogenated alkanes) is 4. The van der Waals surface area contributed by atoms with Crippen LogP contribution < -0.4 is 0 Å². The smallest absolute Gasteiger partial charge is 0.134 e. The summed E-state index contributed by atoms with van der Waals surface area (Å²) in [5.41, 5.74) is 4.93. The average Bonchev–Trinajstić information content (AvgIpc) is 2.97. The normalized spacial score (nSPS) is 45.0. The van der Waals surface area contributed by atoms with Crippen LogP contribution in [0, 0.1) is 38.4 Å². The van der Waals surface area contributed by atoms with Gasteiger partial charge in [0.1, 0.15) is 5.75 Å². The maximum Gasteiger partial charge on any atom is 0.134 e. The fraction of sp³-hybridized carbons (Fsp3) is 0.857. The third-order valence-electron chi connectivity index (χ3n) is 15.5. The Morgan fingerprint density at radius 3 is 1.57 bits per heavy atom. The first-order valence-corrected chi connectivity index (χ1v) is 19.9. The number of phenolic OH excluding ortho intramolecular Hbond substituents is 1. The first-order chi connectivity index (χ1) is 21.1. The molecule has 8 aliphatic rings. The summed E-state index contributed by atoms with van der Waals surface area (Å²) in [5, 5.41) is 11.1. The molecule has 246 valence electrons. The van der Waals surface area contributed by atoms with Crippen LogP contribution in [-0.4, -0.2) is 5.11 Å². The van der Waals surface area contributed by atoms with Gasteiger partial charge in [-0.25, -0.2) is 0 Å². The predicted octanol–water partition coefficient (Wildman–Crippen LogP) is 13.3. The summed E-state index contributed by atoms with van der Waals surface area (Å²) in [6, 6.07) is 6.47. The molecule has 0 amide bonds. The standard InChI is InChI=1S/C42H65ClO/c1-5-9-15-36-20-32-21-37(23-36,16-10-6-2)28-41(22-32,27-36)42-29-38(17-11-7-3)24-39(30-42,18-12-8-4)26-40(25-38,31-42)33-13-14-35(44)34(43)19-33/h13-14,19,32,44H,5-12,15-18,20-31H2,1-4H3. The molecule has 9 rings (SSSR count). The minimum Gasteiger partial charge on any atom is -0.506 e. The van der Waals surface area contributed by atoms with Gasteiger partial charge in [0.05, 0.1) is 5.02 Å². The van der Waals surface area contributed by atoms with E-state index in [4.69, 9.17) is 11.6 Å².